The van der Waals surface area contributed by atoms with Crippen LogP contribution in [-0.2, 0) is 0 Å². The predicted molar refractivity (Wildman–Crippen MR) is 111 cm³/mol. The van der Waals surface area contributed by atoms with Crippen LogP contribution in [-0.4, -0.2) is 46.4 Å². The Hall–Kier alpha value is -1.96. The number of hydrogen-bond acceptors (Lipinski definition) is 2. The van der Waals surface area contributed by atoms with Crippen LogP contribution in [0.15, 0.2) is 34.8 Å². The van der Waals surface area contributed by atoms with Crippen molar-refractivity contribution in [1.82, 2.24) is 4.90 Å². The number of piperidine rings is 1. The number of amides is 2. The van der Waals surface area contributed by atoms with E-state index in [9.17, 15) is 19.8 Å². The molecule has 2 aromatic rings. The first kappa shape index (κ1) is 19.4. The zero-order valence-corrected chi connectivity index (χ0v) is 17.5. The molecule has 1 fully saturated rings. The molecule has 2 aromatic carbocycles. The first-order chi connectivity index (χ1) is 13.3. The van der Waals surface area contributed by atoms with Gasteiger partial charge < -0.3 is 15.1 Å². The smallest absolute Gasteiger partial charge is 0.412 e. The third-order valence-corrected chi connectivity index (χ3v) is 6.51. The average Bonchev–Trinajstić information content (AvgIpc) is 2.96. The maximum Gasteiger partial charge on any atom is 0.412 e. The highest BCUT2D eigenvalue weighted by atomic mass is 79.9. The van der Waals surface area contributed by atoms with Gasteiger partial charge in [0.05, 0.1) is 11.7 Å². The molecule has 0 bridgehead atoms. The molecule has 9 heteroatoms. The van der Waals surface area contributed by atoms with Crippen LogP contribution in [0.3, 0.4) is 0 Å². The van der Waals surface area contributed by atoms with Crippen LogP contribution in [0.5, 0.6) is 0 Å². The number of carbonyl (C=O) groups is 2. The summed E-state index contributed by atoms with van der Waals surface area (Å²) in [6.07, 6.45) is -1.60. The first-order valence-electron chi connectivity index (χ1n) is 8.57. The quantitative estimate of drug-likeness (QED) is 0.538. The molecule has 146 valence electrons. The third-order valence-electron chi connectivity index (χ3n) is 5.36. The van der Waals surface area contributed by atoms with Gasteiger partial charge in [-0.15, -0.1) is 0 Å². The van der Waals surface area contributed by atoms with Gasteiger partial charge in [0.15, 0.2) is 0 Å². The van der Waals surface area contributed by atoms with E-state index >= 15 is 0 Å². The number of hydrogen-bond donors (Lipinski definition) is 2. The standard InChI is InChI=1S/C19H15BrCl2N2O4/c20-14-6-9(11-2-1-10(21)7-15(11)22)5-12-13-8-23(18(25)26)4-3-16(13)24(17(12)14)19(27)28/h1-2,5-7,13,16H,3-4,8H2,(H,25,26)(H,27,28). The molecule has 6 nitrogen and oxygen atoms in total. The van der Waals surface area contributed by atoms with Crippen LogP contribution in [0.2, 0.25) is 10.0 Å². The van der Waals surface area contributed by atoms with Crippen molar-refractivity contribution in [2.24, 2.45) is 0 Å². The van der Waals surface area contributed by atoms with Crippen molar-refractivity contribution in [1.29, 1.82) is 0 Å². The molecule has 2 amide bonds. The molecule has 2 atom stereocenters. The normalized spacial score (nSPS) is 20.7. The van der Waals surface area contributed by atoms with Gasteiger partial charge in [0.1, 0.15) is 0 Å². The van der Waals surface area contributed by atoms with Crippen LogP contribution in [0.4, 0.5) is 15.3 Å². The lowest BCUT2D eigenvalue weighted by atomic mass is 9.88. The van der Waals surface area contributed by atoms with Gasteiger partial charge in [0, 0.05) is 39.1 Å². The van der Waals surface area contributed by atoms with E-state index in [2.05, 4.69) is 15.9 Å². The summed E-state index contributed by atoms with van der Waals surface area (Å²) in [7, 11) is 0. The zero-order chi connectivity index (χ0) is 20.2. The number of rotatable bonds is 1. The zero-order valence-electron chi connectivity index (χ0n) is 14.4. The number of likely N-dealkylation sites (tertiary alicyclic amines) is 1. The number of halogens is 3. The van der Waals surface area contributed by atoms with Gasteiger partial charge in [-0.05, 0) is 57.7 Å². The average molecular weight is 486 g/mol. The lowest BCUT2D eigenvalue weighted by molar-refractivity contribution is 0.126. The number of benzene rings is 2. The second-order valence-corrected chi connectivity index (χ2v) is 8.56. The predicted octanol–water partition coefficient (Wildman–Crippen LogP) is 5.76. The van der Waals surface area contributed by atoms with Crippen molar-refractivity contribution in [3.8, 4) is 11.1 Å². The summed E-state index contributed by atoms with van der Waals surface area (Å²) in [5, 5.41) is 20.2. The Labute approximate surface area is 179 Å². The number of fused-ring (bicyclic) bond motifs is 3. The summed E-state index contributed by atoms with van der Waals surface area (Å²) in [6, 6.07) is 8.64. The minimum atomic E-state index is -1.05. The van der Waals surface area contributed by atoms with E-state index in [-0.39, 0.29) is 18.5 Å². The van der Waals surface area contributed by atoms with Gasteiger partial charge in [0.25, 0.3) is 0 Å². The van der Waals surface area contributed by atoms with E-state index in [0.29, 0.717) is 33.2 Å². The van der Waals surface area contributed by atoms with E-state index < -0.39 is 12.2 Å². The third kappa shape index (κ3) is 3.11. The molecule has 28 heavy (non-hydrogen) atoms. The Balaban J connectivity index is 1.86. The van der Waals surface area contributed by atoms with E-state index in [1.807, 2.05) is 18.2 Å². The SMILES string of the molecule is O=C(O)N1CCC2C(C1)c1cc(-c3ccc(Cl)cc3Cl)cc(Br)c1N2C(=O)O. The second kappa shape index (κ2) is 7.13. The van der Waals surface area contributed by atoms with E-state index in [1.54, 1.807) is 12.1 Å². The number of nitrogens with zero attached hydrogens (tertiary/aromatic N) is 2. The number of carboxylic acid groups (broad SMARTS) is 2. The Morgan fingerprint density at radius 2 is 1.86 bits per heavy atom. The fourth-order valence-corrected chi connectivity index (χ4v) is 5.35. The van der Waals surface area contributed by atoms with E-state index in [0.717, 1.165) is 16.7 Å². The molecular formula is C19H15BrCl2N2O4. The van der Waals surface area contributed by atoms with Crippen molar-refractivity contribution in [3.63, 3.8) is 0 Å². The molecular weight excluding hydrogens is 471 g/mol. The lowest BCUT2D eigenvalue weighted by Gasteiger charge is -2.35. The fraction of sp³-hybridized carbons (Fsp3) is 0.263. The summed E-state index contributed by atoms with van der Waals surface area (Å²) in [6.45, 7) is 0.558. The summed E-state index contributed by atoms with van der Waals surface area (Å²) >= 11 is 15.9. The lowest BCUT2D eigenvalue weighted by Crippen LogP contribution is -2.49. The minimum Gasteiger partial charge on any atom is -0.465 e. The van der Waals surface area contributed by atoms with Crippen molar-refractivity contribution >= 4 is 57.0 Å². The Morgan fingerprint density at radius 3 is 2.50 bits per heavy atom. The molecule has 2 heterocycles. The van der Waals surface area contributed by atoms with Crippen molar-refractivity contribution in [2.75, 3.05) is 18.0 Å². The van der Waals surface area contributed by atoms with E-state index in [4.69, 9.17) is 23.2 Å². The topological polar surface area (TPSA) is 81.1 Å². The van der Waals surface area contributed by atoms with Crippen LogP contribution >= 0.6 is 39.1 Å². The van der Waals surface area contributed by atoms with Gasteiger partial charge >= 0.3 is 12.2 Å². The van der Waals surface area contributed by atoms with Crippen LogP contribution in [0.25, 0.3) is 11.1 Å². The van der Waals surface area contributed by atoms with Gasteiger partial charge in [-0.3, -0.25) is 4.90 Å². The molecule has 0 spiro atoms. The van der Waals surface area contributed by atoms with Crippen LogP contribution in [0.1, 0.15) is 17.9 Å². The summed E-state index contributed by atoms with van der Waals surface area (Å²) in [5.74, 6) is -0.238. The molecule has 1 saturated heterocycles. The molecule has 2 aliphatic rings. The Bertz CT molecular complexity index is 1000. The van der Waals surface area contributed by atoms with Crippen LogP contribution < -0.4 is 4.90 Å². The molecule has 4 rings (SSSR count). The van der Waals surface area contributed by atoms with Crippen molar-refractivity contribution < 1.29 is 19.8 Å². The Morgan fingerprint density at radius 1 is 1.11 bits per heavy atom. The molecule has 0 saturated carbocycles. The van der Waals surface area contributed by atoms with Crippen LogP contribution in [0, 0.1) is 0 Å². The highest BCUT2D eigenvalue weighted by Gasteiger charge is 2.46. The molecule has 0 aromatic heterocycles. The van der Waals surface area contributed by atoms with Gasteiger partial charge in [-0.1, -0.05) is 29.3 Å². The monoisotopic (exact) mass is 484 g/mol. The van der Waals surface area contributed by atoms with Gasteiger partial charge in [0.2, 0.25) is 0 Å². The first-order valence-corrected chi connectivity index (χ1v) is 10.1. The molecule has 0 radical (unpaired) electrons. The summed E-state index contributed by atoms with van der Waals surface area (Å²) in [5.41, 5.74) is 2.95. The molecule has 2 aliphatic heterocycles. The van der Waals surface area contributed by atoms with E-state index in [1.165, 1.54) is 9.80 Å². The molecule has 2 N–H and O–H groups in total. The number of anilines is 1. The second-order valence-electron chi connectivity index (χ2n) is 6.86. The Kier molecular flexibility index (Phi) is 4.93. The maximum atomic E-state index is 12.0. The largest absolute Gasteiger partial charge is 0.465 e. The highest BCUT2D eigenvalue weighted by Crippen LogP contribution is 2.50. The summed E-state index contributed by atoms with van der Waals surface area (Å²) < 4.78 is 0.629. The van der Waals surface area contributed by atoms with Gasteiger partial charge in [-0.2, -0.15) is 0 Å². The molecule has 2 unspecified atom stereocenters. The highest BCUT2D eigenvalue weighted by molar-refractivity contribution is 9.10. The van der Waals surface area contributed by atoms with Crippen molar-refractivity contribution in [3.05, 3.63) is 50.4 Å². The fourth-order valence-electron chi connectivity index (χ4n) is 4.17. The molecule has 0 aliphatic carbocycles. The maximum absolute atomic E-state index is 12.0. The minimum absolute atomic E-state index is 0.238. The van der Waals surface area contributed by atoms with Crippen molar-refractivity contribution in [2.45, 2.75) is 18.4 Å². The summed E-state index contributed by atoms with van der Waals surface area (Å²) in [4.78, 5) is 26.1. The van der Waals surface area contributed by atoms with Gasteiger partial charge in [-0.25, -0.2) is 9.59 Å².